The number of hydrogen-bond acceptors (Lipinski definition) is 3. The predicted molar refractivity (Wildman–Crippen MR) is 83.0 cm³/mol. The normalized spacial score (nSPS) is 10.3. The fraction of sp³-hybridized carbons (Fsp3) is 0.200. The van der Waals surface area contributed by atoms with E-state index in [1.54, 1.807) is 18.2 Å². The van der Waals surface area contributed by atoms with Gasteiger partial charge in [0, 0.05) is 15.7 Å². The number of nitrogen functional groups attached to an aromatic ring is 1. The lowest BCUT2D eigenvalue weighted by Crippen LogP contribution is -2.09. The van der Waals surface area contributed by atoms with Gasteiger partial charge in [-0.25, -0.2) is 0 Å². The number of rotatable bonds is 5. The molecule has 0 aromatic heterocycles. The molecule has 0 aliphatic rings. The Bertz CT molecular complexity index is 582. The third kappa shape index (κ3) is 4.22. The van der Waals surface area contributed by atoms with Crippen LogP contribution >= 0.6 is 23.2 Å². The van der Waals surface area contributed by atoms with Gasteiger partial charge in [-0.15, -0.1) is 0 Å². The van der Waals surface area contributed by atoms with E-state index >= 15 is 0 Å². The molecule has 0 saturated carbocycles. The Morgan fingerprint density at radius 2 is 1.50 bits per heavy atom. The number of benzene rings is 2. The van der Waals surface area contributed by atoms with Gasteiger partial charge in [0.1, 0.15) is 24.7 Å². The molecule has 0 radical (unpaired) electrons. The summed E-state index contributed by atoms with van der Waals surface area (Å²) in [4.78, 5) is 0. The van der Waals surface area contributed by atoms with Crippen molar-refractivity contribution in [3.63, 3.8) is 0 Å². The second-order valence-electron chi connectivity index (χ2n) is 4.32. The van der Waals surface area contributed by atoms with Crippen LogP contribution in [0.5, 0.6) is 11.5 Å². The third-order valence-corrected chi connectivity index (χ3v) is 3.13. The van der Waals surface area contributed by atoms with Crippen LogP contribution in [0, 0.1) is 6.92 Å². The monoisotopic (exact) mass is 311 g/mol. The van der Waals surface area contributed by atoms with Gasteiger partial charge in [0.2, 0.25) is 0 Å². The van der Waals surface area contributed by atoms with Crippen LogP contribution in [0.1, 0.15) is 5.56 Å². The topological polar surface area (TPSA) is 44.5 Å². The van der Waals surface area contributed by atoms with E-state index in [1.807, 2.05) is 25.1 Å². The SMILES string of the molecule is Cc1cc(OCCOc2cc(Cl)cc(Cl)c2)ccc1N. The fourth-order valence-corrected chi connectivity index (χ4v) is 2.17. The highest BCUT2D eigenvalue weighted by molar-refractivity contribution is 6.34. The van der Waals surface area contributed by atoms with Crippen molar-refractivity contribution < 1.29 is 9.47 Å². The zero-order chi connectivity index (χ0) is 14.5. The highest BCUT2D eigenvalue weighted by Gasteiger charge is 2.01. The van der Waals surface area contributed by atoms with Crippen molar-refractivity contribution in [1.82, 2.24) is 0 Å². The number of hydrogen-bond donors (Lipinski definition) is 1. The molecular formula is C15H15Cl2NO2. The number of aryl methyl sites for hydroxylation is 1. The molecule has 2 rings (SSSR count). The molecule has 0 saturated heterocycles. The first-order valence-corrected chi connectivity index (χ1v) is 6.88. The van der Waals surface area contributed by atoms with Crippen molar-refractivity contribution in [3.8, 4) is 11.5 Å². The average molecular weight is 312 g/mol. The van der Waals surface area contributed by atoms with E-state index in [-0.39, 0.29) is 0 Å². The van der Waals surface area contributed by atoms with Crippen LogP contribution < -0.4 is 15.2 Å². The van der Waals surface area contributed by atoms with Crippen molar-refractivity contribution in [2.75, 3.05) is 18.9 Å². The number of ether oxygens (including phenoxy) is 2. The molecule has 0 bridgehead atoms. The van der Waals surface area contributed by atoms with Crippen LogP contribution in [0.4, 0.5) is 5.69 Å². The highest BCUT2D eigenvalue weighted by atomic mass is 35.5. The van der Waals surface area contributed by atoms with E-state index in [0.717, 1.165) is 17.0 Å². The largest absolute Gasteiger partial charge is 0.490 e. The van der Waals surface area contributed by atoms with Crippen LogP contribution in [0.25, 0.3) is 0 Å². The van der Waals surface area contributed by atoms with E-state index in [0.29, 0.717) is 29.0 Å². The molecule has 106 valence electrons. The van der Waals surface area contributed by atoms with Crippen molar-refractivity contribution in [3.05, 3.63) is 52.0 Å². The van der Waals surface area contributed by atoms with Gasteiger partial charge in [-0.3, -0.25) is 0 Å². The zero-order valence-electron chi connectivity index (χ0n) is 11.0. The van der Waals surface area contributed by atoms with Gasteiger partial charge < -0.3 is 15.2 Å². The van der Waals surface area contributed by atoms with Crippen LogP contribution in [0.3, 0.4) is 0 Å². The standard InChI is InChI=1S/C15H15Cl2NO2/c1-10-6-13(2-3-15(10)18)19-4-5-20-14-8-11(16)7-12(17)9-14/h2-3,6-9H,4-5,18H2,1H3. The first kappa shape index (κ1) is 14.8. The van der Waals surface area contributed by atoms with E-state index in [9.17, 15) is 0 Å². The zero-order valence-corrected chi connectivity index (χ0v) is 12.5. The molecule has 0 aliphatic carbocycles. The predicted octanol–water partition coefficient (Wildman–Crippen LogP) is 4.34. The Morgan fingerprint density at radius 1 is 0.900 bits per heavy atom. The lowest BCUT2D eigenvalue weighted by atomic mass is 10.2. The first-order chi connectivity index (χ1) is 9.54. The summed E-state index contributed by atoms with van der Waals surface area (Å²) < 4.78 is 11.1. The molecule has 0 atom stereocenters. The van der Waals surface area contributed by atoms with E-state index in [1.165, 1.54) is 0 Å². The number of anilines is 1. The third-order valence-electron chi connectivity index (χ3n) is 2.70. The van der Waals surface area contributed by atoms with Crippen molar-refractivity contribution >= 4 is 28.9 Å². The molecule has 0 unspecified atom stereocenters. The minimum atomic E-state index is 0.403. The molecule has 2 aromatic carbocycles. The van der Waals surface area contributed by atoms with E-state index in [4.69, 9.17) is 38.4 Å². The van der Waals surface area contributed by atoms with E-state index in [2.05, 4.69) is 0 Å². The van der Waals surface area contributed by atoms with Crippen molar-refractivity contribution in [1.29, 1.82) is 0 Å². The Kier molecular flexibility index (Phi) is 4.99. The Hall–Kier alpha value is -1.58. The second-order valence-corrected chi connectivity index (χ2v) is 5.19. The quantitative estimate of drug-likeness (QED) is 0.660. The molecule has 0 heterocycles. The van der Waals surface area contributed by atoms with Gasteiger partial charge in [-0.05, 0) is 48.9 Å². The van der Waals surface area contributed by atoms with Crippen molar-refractivity contribution in [2.24, 2.45) is 0 Å². The highest BCUT2D eigenvalue weighted by Crippen LogP contribution is 2.24. The molecule has 0 amide bonds. The maximum Gasteiger partial charge on any atom is 0.122 e. The minimum Gasteiger partial charge on any atom is -0.490 e. The van der Waals surface area contributed by atoms with Gasteiger partial charge in [-0.2, -0.15) is 0 Å². The fourth-order valence-electron chi connectivity index (χ4n) is 1.67. The molecule has 20 heavy (non-hydrogen) atoms. The molecule has 0 spiro atoms. The summed E-state index contributed by atoms with van der Waals surface area (Å²) in [5.41, 5.74) is 7.49. The maximum atomic E-state index is 5.88. The summed E-state index contributed by atoms with van der Waals surface area (Å²) in [6.07, 6.45) is 0. The molecule has 0 aliphatic heterocycles. The number of halogens is 2. The summed E-state index contributed by atoms with van der Waals surface area (Å²) in [5, 5.41) is 1.09. The Balaban J connectivity index is 1.82. The molecular weight excluding hydrogens is 297 g/mol. The average Bonchev–Trinajstić information content (AvgIpc) is 2.38. The lowest BCUT2D eigenvalue weighted by molar-refractivity contribution is 0.217. The molecule has 2 aromatic rings. The molecule has 5 heteroatoms. The molecule has 2 N–H and O–H groups in total. The Morgan fingerprint density at radius 3 is 2.10 bits per heavy atom. The van der Waals surface area contributed by atoms with Gasteiger partial charge in [0.25, 0.3) is 0 Å². The van der Waals surface area contributed by atoms with Crippen LogP contribution in [0.15, 0.2) is 36.4 Å². The van der Waals surface area contributed by atoms with E-state index < -0.39 is 0 Å². The summed E-state index contributed by atoms with van der Waals surface area (Å²) in [5.74, 6) is 1.39. The summed E-state index contributed by atoms with van der Waals surface area (Å²) in [6, 6.07) is 10.6. The maximum absolute atomic E-state index is 5.88. The summed E-state index contributed by atoms with van der Waals surface area (Å²) >= 11 is 11.8. The minimum absolute atomic E-state index is 0.403. The van der Waals surface area contributed by atoms with Gasteiger partial charge in [0.05, 0.1) is 0 Å². The van der Waals surface area contributed by atoms with Gasteiger partial charge in [0.15, 0.2) is 0 Å². The van der Waals surface area contributed by atoms with Crippen LogP contribution in [-0.4, -0.2) is 13.2 Å². The van der Waals surface area contributed by atoms with Crippen LogP contribution in [0.2, 0.25) is 10.0 Å². The van der Waals surface area contributed by atoms with Gasteiger partial charge in [-0.1, -0.05) is 23.2 Å². The lowest BCUT2D eigenvalue weighted by Gasteiger charge is -2.10. The molecule has 3 nitrogen and oxygen atoms in total. The Labute approximate surface area is 128 Å². The summed E-state index contributed by atoms with van der Waals surface area (Å²) in [7, 11) is 0. The van der Waals surface area contributed by atoms with Gasteiger partial charge >= 0.3 is 0 Å². The molecule has 0 fully saturated rings. The number of nitrogens with two attached hydrogens (primary N) is 1. The summed E-state index contributed by atoms with van der Waals surface area (Å²) in [6.45, 7) is 2.76. The van der Waals surface area contributed by atoms with Crippen molar-refractivity contribution in [2.45, 2.75) is 6.92 Å². The smallest absolute Gasteiger partial charge is 0.122 e. The first-order valence-electron chi connectivity index (χ1n) is 6.12. The second kappa shape index (κ2) is 6.73. The van der Waals surface area contributed by atoms with Crippen LogP contribution in [-0.2, 0) is 0 Å².